The van der Waals surface area contributed by atoms with E-state index in [9.17, 15) is 4.79 Å². The van der Waals surface area contributed by atoms with E-state index in [0.29, 0.717) is 24.5 Å². The molecule has 1 atom stereocenters. The number of carbonyl (C=O) groups is 1. The highest BCUT2D eigenvalue weighted by molar-refractivity contribution is 5.80. The van der Waals surface area contributed by atoms with E-state index >= 15 is 0 Å². The number of hydrogen-bond donors (Lipinski definition) is 1. The molecule has 0 spiro atoms. The van der Waals surface area contributed by atoms with Gasteiger partial charge in [0.05, 0.1) is 6.54 Å². The van der Waals surface area contributed by atoms with Crippen molar-refractivity contribution in [3.8, 4) is 0 Å². The molecule has 0 radical (unpaired) electrons. The van der Waals surface area contributed by atoms with Gasteiger partial charge < -0.3 is 10.2 Å². The molecular weight excluding hydrogens is 250 g/mol. The molecule has 4 heteroatoms. The fourth-order valence-corrected chi connectivity index (χ4v) is 3.41. The molecule has 1 amide bonds. The van der Waals surface area contributed by atoms with Gasteiger partial charge in [0.2, 0.25) is 5.91 Å². The lowest BCUT2D eigenvalue weighted by atomic mass is 10.0. The summed E-state index contributed by atoms with van der Waals surface area (Å²) in [5.74, 6) is 0.315. The number of carbonyl (C=O) groups excluding carboxylic acids is 1. The normalized spacial score (nSPS) is 26.7. The summed E-state index contributed by atoms with van der Waals surface area (Å²) in [4.78, 5) is 17.1. The second kappa shape index (κ2) is 6.27. The first-order chi connectivity index (χ1) is 9.75. The molecule has 20 heavy (non-hydrogen) atoms. The lowest BCUT2D eigenvalue weighted by Gasteiger charge is -2.31. The van der Waals surface area contributed by atoms with Gasteiger partial charge in [0, 0.05) is 24.3 Å². The number of amides is 1. The number of nitrogens with zero attached hydrogens (tertiary/aromatic N) is 2. The quantitative estimate of drug-likeness (QED) is 0.831. The molecule has 112 valence electrons. The smallest absolute Gasteiger partial charge is 0.241 e. The van der Waals surface area contributed by atoms with Crippen LogP contribution in [0.5, 0.6) is 0 Å². The first-order valence-corrected chi connectivity index (χ1v) is 8.18. The van der Waals surface area contributed by atoms with Gasteiger partial charge in [-0.3, -0.25) is 9.69 Å². The maximum Gasteiger partial charge on any atom is 0.241 e. The second-order valence-electron chi connectivity index (χ2n) is 6.50. The highest BCUT2D eigenvalue weighted by Gasteiger charge is 2.35. The van der Waals surface area contributed by atoms with Gasteiger partial charge in [0.15, 0.2) is 0 Å². The van der Waals surface area contributed by atoms with Crippen molar-refractivity contribution in [2.75, 3.05) is 26.7 Å². The lowest BCUT2D eigenvalue weighted by molar-refractivity contribution is -0.131. The van der Waals surface area contributed by atoms with Crippen LogP contribution >= 0.6 is 0 Å². The molecule has 1 aliphatic heterocycles. The Morgan fingerprint density at radius 3 is 2.75 bits per heavy atom. The molecule has 0 aromatic rings. The molecule has 3 rings (SSSR count). The molecule has 1 N–H and O–H groups in total. The van der Waals surface area contributed by atoms with E-state index < -0.39 is 0 Å². The van der Waals surface area contributed by atoms with Crippen LogP contribution in [0.3, 0.4) is 0 Å². The Morgan fingerprint density at radius 1 is 1.30 bits per heavy atom. The van der Waals surface area contributed by atoms with Gasteiger partial charge in [0.25, 0.3) is 0 Å². The number of nitrogens with one attached hydrogen (secondary N) is 1. The molecule has 2 aliphatic carbocycles. The summed E-state index contributed by atoms with van der Waals surface area (Å²) < 4.78 is 0. The summed E-state index contributed by atoms with van der Waals surface area (Å²) in [6.07, 6.45) is 10.6. The molecule has 1 saturated carbocycles. The molecule has 1 saturated heterocycles. The highest BCUT2D eigenvalue weighted by atomic mass is 16.2. The Labute approximate surface area is 122 Å². The highest BCUT2D eigenvalue weighted by Crippen LogP contribution is 2.33. The average Bonchev–Trinajstić information content (AvgIpc) is 3.12. The van der Waals surface area contributed by atoms with Crippen LogP contribution in [-0.4, -0.2) is 54.5 Å². The third-order valence-electron chi connectivity index (χ3n) is 4.80. The van der Waals surface area contributed by atoms with E-state index in [1.807, 2.05) is 0 Å². The fourth-order valence-electron chi connectivity index (χ4n) is 3.41. The van der Waals surface area contributed by atoms with Gasteiger partial charge in [0.1, 0.15) is 0 Å². The molecule has 1 unspecified atom stereocenters. The Bertz CT molecular complexity index is 383. The first kappa shape index (κ1) is 14.1. The predicted octanol–water partition coefficient (Wildman–Crippen LogP) is 1.73. The van der Waals surface area contributed by atoms with Crippen LogP contribution in [0.1, 0.15) is 44.9 Å². The molecule has 4 nitrogen and oxygen atoms in total. The molecule has 2 fully saturated rings. The van der Waals surface area contributed by atoms with Crippen molar-refractivity contribution in [3.05, 3.63) is 11.8 Å². The maximum atomic E-state index is 12.7. The number of hydrogen-bond acceptors (Lipinski definition) is 3. The fraction of sp³-hybridized carbons (Fsp3) is 0.812. The topological polar surface area (TPSA) is 35.6 Å². The van der Waals surface area contributed by atoms with Crippen LogP contribution in [-0.2, 0) is 4.79 Å². The van der Waals surface area contributed by atoms with Gasteiger partial charge in [-0.05, 0) is 58.5 Å². The zero-order chi connectivity index (χ0) is 13.9. The third-order valence-corrected chi connectivity index (χ3v) is 4.80. The summed E-state index contributed by atoms with van der Waals surface area (Å²) in [6.45, 7) is 2.68. The molecule has 0 aromatic carbocycles. The standard InChI is InChI=1S/C16H27N3O/c1-18(15-9-10-17-11-15)12-16(20)19(14-7-8-14)13-5-3-2-4-6-13/h5,14-15,17H,2-4,6-12H2,1H3. The van der Waals surface area contributed by atoms with Crippen molar-refractivity contribution in [1.82, 2.24) is 15.1 Å². The minimum absolute atomic E-state index is 0.315. The van der Waals surface area contributed by atoms with Crippen molar-refractivity contribution < 1.29 is 4.79 Å². The number of likely N-dealkylation sites (N-methyl/N-ethyl adjacent to an activating group) is 1. The van der Waals surface area contributed by atoms with E-state index in [1.165, 1.54) is 31.4 Å². The Hall–Kier alpha value is -0.870. The summed E-state index contributed by atoms with van der Waals surface area (Å²) in [6, 6.07) is 1.03. The van der Waals surface area contributed by atoms with Crippen LogP contribution in [0.25, 0.3) is 0 Å². The first-order valence-electron chi connectivity index (χ1n) is 8.18. The monoisotopic (exact) mass is 277 g/mol. The summed E-state index contributed by atoms with van der Waals surface area (Å²) in [5, 5.41) is 3.38. The minimum Gasteiger partial charge on any atom is -0.315 e. The van der Waals surface area contributed by atoms with E-state index in [2.05, 4.69) is 28.2 Å². The van der Waals surface area contributed by atoms with Gasteiger partial charge >= 0.3 is 0 Å². The largest absolute Gasteiger partial charge is 0.315 e. The van der Waals surface area contributed by atoms with Gasteiger partial charge in [-0.1, -0.05) is 6.08 Å². The molecule has 0 bridgehead atoms. The van der Waals surface area contributed by atoms with E-state index in [4.69, 9.17) is 0 Å². The van der Waals surface area contributed by atoms with Crippen LogP contribution in [0.2, 0.25) is 0 Å². The van der Waals surface area contributed by atoms with E-state index in [1.54, 1.807) is 0 Å². The molecular formula is C16H27N3O. The molecule has 3 aliphatic rings. The molecule has 1 heterocycles. The van der Waals surface area contributed by atoms with E-state index in [-0.39, 0.29) is 0 Å². The van der Waals surface area contributed by atoms with Crippen LogP contribution < -0.4 is 5.32 Å². The predicted molar refractivity (Wildman–Crippen MR) is 80.3 cm³/mol. The maximum absolute atomic E-state index is 12.7. The third kappa shape index (κ3) is 3.23. The van der Waals surface area contributed by atoms with Gasteiger partial charge in [-0.25, -0.2) is 0 Å². The minimum atomic E-state index is 0.315. The SMILES string of the molecule is CN(CC(=O)N(C1=CCCCC1)C1CC1)C1CCNC1. The van der Waals surface area contributed by atoms with Crippen molar-refractivity contribution in [2.45, 2.75) is 57.0 Å². The van der Waals surface area contributed by atoms with Gasteiger partial charge in [-0.15, -0.1) is 0 Å². The second-order valence-corrected chi connectivity index (χ2v) is 6.50. The Balaban J connectivity index is 1.61. The molecule has 0 aromatic heterocycles. The Morgan fingerprint density at radius 2 is 2.15 bits per heavy atom. The lowest BCUT2D eigenvalue weighted by Crippen LogP contribution is -2.44. The van der Waals surface area contributed by atoms with Crippen molar-refractivity contribution >= 4 is 5.91 Å². The zero-order valence-electron chi connectivity index (χ0n) is 12.6. The summed E-state index contributed by atoms with van der Waals surface area (Å²) in [5.41, 5.74) is 1.31. The number of rotatable bonds is 5. The van der Waals surface area contributed by atoms with E-state index in [0.717, 1.165) is 32.4 Å². The van der Waals surface area contributed by atoms with Crippen molar-refractivity contribution in [3.63, 3.8) is 0 Å². The van der Waals surface area contributed by atoms with Crippen molar-refractivity contribution in [1.29, 1.82) is 0 Å². The van der Waals surface area contributed by atoms with Gasteiger partial charge in [-0.2, -0.15) is 0 Å². The van der Waals surface area contributed by atoms with Crippen LogP contribution in [0.4, 0.5) is 0 Å². The Kier molecular flexibility index (Phi) is 4.41. The zero-order valence-corrected chi connectivity index (χ0v) is 12.6. The summed E-state index contributed by atoms with van der Waals surface area (Å²) in [7, 11) is 2.09. The van der Waals surface area contributed by atoms with Crippen molar-refractivity contribution in [2.24, 2.45) is 0 Å². The average molecular weight is 277 g/mol. The number of allylic oxidation sites excluding steroid dienone is 2. The van der Waals surface area contributed by atoms with Crippen LogP contribution in [0.15, 0.2) is 11.8 Å². The van der Waals surface area contributed by atoms with Crippen LogP contribution in [0, 0.1) is 0 Å². The summed E-state index contributed by atoms with van der Waals surface area (Å²) >= 11 is 0.